The number of aliphatic hydroxyl groups is 1. The zero-order valence-corrected chi connectivity index (χ0v) is 8.15. The van der Waals surface area contributed by atoms with Crippen LogP contribution in [0.5, 0.6) is 0 Å². The predicted molar refractivity (Wildman–Crippen MR) is 48.7 cm³/mol. The summed E-state index contributed by atoms with van der Waals surface area (Å²) < 4.78 is 0. The van der Waals surface area contributed by atoms with Crippen molar-refractivity contribution in [2.24, 2.45) is 0 Å². The normalized spacial score (nSPS) is 15.0. The van der Waals surface area contributed by atoms with Gasteiger partial charge in [-0.15, -0.1) is 0 Å². The number of rotatable bonds is 5. The van der Waals surface area contributed by atoms with E-state index in [1.54, 1.807) is 0 Å². The highest BCUT2D eigenvalue weighted by atomic mass is 16.3. The monoisotopic (exact) mass is 159 g/mol. The average Bonchev–Trinajstić information content (AvgIpc) is 1.83. The van der Waals surface area contributed by atoms with Gasteiger partial charge in [0.15, 0.2) is 0 Å². The summed E-state index contributed by atoms with van der Waals surface area (Å²) in [5.74, 6) is 0. The molecule has 0 amide bonds. The van der Waals surface area contributed by atoms with Gasteiger partial charge in [-0.3, -0.25) is 0 Å². The fraction of sp³-hybridized carbons (Fsp3) is 1.00. The van der Waals surface area contributed by atoms with Crippen LogP contribution in [-0.4, -0.2) is 23.3 Å². The molecule has 1 atom stereocenters. The Kier molecular flexibility index (Phi) is 4.69. The molecule has 0 aromatic rings. The lowest BCUT2D eigenvalue weighted by atomic mass is 10.1. The molecule has 2 nitrogen and oxygen atoms in total. The largest absolute Gasteiger partial charge is 0.389 e. The quantitative estimate of drug-likeness (QED) is 0.637. The highest BCUT2D eigenvalue weighted by Gasteiger charge is 2.12. The second kappa shape index (κ2) is 4.73. The summed E-state index contributed by atoms with van der Waals surface area (Å²) in [4.78, 5) is 0. The molecule has 0 aliphatic heterocycles. The van der Waals surface area contributed by atoms with E-state index in [9.17, 15) is 5.11 Å². The molecule has 11 heavy (non-hydrogen) atoms. The van der Waals surface area contributed by atoms with Gasteiger partial charge in [-0.05, 0) is 27.2 Å². The molecule has 0 aromatic carbocycles. The van der Waals surface area contributed by atoms with Crippen molar-refractivity contribution in [3.63, 3.8) is 0 Å². The van der Waals surface area contributed by atoms with Crippen molar-refractivity contribution in [1.82, 2.24) is 5.32 Å². The Hall–Kier alpha value is -0.0800. The third-order valence-electron chi connectivity index (χ3n) is 1.60. The van der Waals surface area contributed by atoms with E-state index >= 15 is 0 Å². The van der Waals surface area contributed by atoms with Crippen molar-refractivity contribution in [3.8, 4) is 0 Å². The van der Waals surface area contributed by atoms with E-state index in [4.69, 9.17) is 0 Å². The van der Waals surface area contributed by atoms with Crippen LogP contribution in [0.4, 0.5) is 0 Å². The summed E-state index contributed by atoms with van der Waals surface area (Å²) in [6, 6.07) is 0.520. The van der Waals surface area contributed by atoms with Crippen LogP contribution in [-0.2, 0) is 0 Å². The maximum Gasteiger partial charge on any atom is 0.0715 e. The summed E-state index contributed by atoms with van der Waals surface area (Å²) >= 11 is 0. The van der Waals surface area contributed by atoms with Crippen molar-refractivity contribution >= 4 is 0 Å². The Bertz CT molecular complexity index is 96.2. The predicted octanol–water partition coefficient (Wildman–Crippen LogP) is 1.54. The van der Waals surface area contributed by atoms with Crippen LogP contribution < -0.4 is 5.32 Å². The van der Waals surface area contributed by atoms with Gasteiger partial charge in [-0.1, -0.05) is 13.3 Å². The molecule has 0 aromatic heterocycles. The molecule has 1 unspecified atom stereocenters. The summed E-state index contributed by atoms with van der Waals surface area (Å²) in [5.41, 5.74) is -0.581. The molecule has 2 heteroatoms. The van der Waals surface area contributed by atoms with Gasteiger partial charge in [0.25, 0.3) is 0 Å². The molecule has 0 bridgehead atoms. The van der Waals surface area contributed by atoms with Crippen LogP contribution >= 0.6 is 0 Å². The minimum absolute atomic E-state index is 0.520. The SMILES string of the molecule is CCCC(C)NCC(C)(C)O. The van der Waals surface area contributed by atoms with Crippen molar-refractivity contribution in [3.05, 3.63) is 0 Å². The zero-order valence-electron chi connectivity index (χ0n) is 8.15. The molecular weight excluding hydrogens is 138 g/mol. The van der Waals surface area contributed by atoms with E-state index in [0.717, 1.165) is 0 Å². The Morgan fingerprint density at radius 1 is 1.45 bits per heavy atom. The first-order valence-corrected chi connectivity index (χ1v) is 4.41. The second-order valence-electron chi connectivity index (χ2n) is 3.88. The van der Waals surface area contributed by atoms with Gasteiger partial charge in [-0.25, -0.2) is 0 Å². The lowest BCUT2D eigenvalue weighted by Gasteiger charge is -2.21. The molecule has 0 spiro atoms. The highest BCUT2D eigenvalue weighted by Crippen LogP contribution is 2.00. The summed E-state index contributed by atoms with van der Waals surface area (Å²) in [6.45, 7) is 8.63. The van der Waals surface area contributed by atoms with Gasteiger partial charge in [0.05, 0.1) is 5.60 Å². The smallest absolute Gasteiger partial charge is 0.0715 e. The van der Waals surface area contributed by atoms with Gasteiger partial charge in [0.2, 0.25) is 0 Å². The van der Waals surface area contributed by atoms with Gasteiger partial charge >= 0.3 is 0 Å². The molecule has 0 aliphatic rings. The van der Waals surface area contributed by atoms with E-state index < -0.39 is 5.60 Å². The summed E-state index contributed by atoms with van der Waals surface area (Å²) in [5, 5.41) is 12.6. The first-order valence-electron chi connectivity index (χ1n) is 4.41. The van der Waals surface area contributed by atoms with Crippen LogP contribution in [0.1, 0.15) is 40.5 Å². The van der Waals surface area contributed by atoms with Crippen LogP contribution in [0.25, 0.3) is 0 Å². The highest BCUT2D eigenvalue weighted by molar-refractivity contribution is 4.71. The van der Waals surface area contributed by atoms with Crippen LogP contribution in [0.15, 0.2) is 0 Å². The maximum absolute atomic E-state index is 9.37. The standard InChI is InChI=1S/C9H21NO/c1-5-6-8(2)10-7-9(3,4)11/h8,10-11H,5-7H2,1-4H3. The van der Waals surface area contributed by atoms with Crippen molar-refractivity contribution < 1.29 is 5.11 Å². The van der Waals surface area contributed by atoms with E-state index in [0.29, 0.717) is 12.6 Å². The first-order chi connectivity index (χ1) is 4.95. The van der Waals surface area contributed by atoms with Gasteiger partial charge < -0.3 is 10.4 Å². The Balaban J connectivity index is 3.38. The molecule has 0 heterocycles. The van der Waals surface area contributed by atoms with Gasteiger partial charge in [0.1, 0.15) is 0 Å². The molecule has 0 saturated heterocycles. The van der Waals surface area contributed by atoms with Crippen LogP contribution in [0, 0.1) is 0 Å². The summed E-state index contributed by atoms with van der Waals surface area (Å²) in [7, 11) is 0. The molecule has 0 saturated carbocycles. The van der Waals surface area contributed by atoms with Crippen molar-refractivity contribution in [2.45, 2.75) is 52.2 Å². The van der Waals surface area contributed by atoms with E-state index in [1.807, 2.05) is 13.8 Å². The average molecular weight is 159 g/mol. The topological polar surface area (TPSA) is 32.3 Å². The Morgan fingerprint density at radius 3 is 2.36 bits per heavy atom. The fourth-order valence-corrected chi connectivity index (χ4v) is 0.959. The molecule has 0 radical (unpaired) electrons. The number of nitrogens with one attached hydrogen (secondary N) is 1. The minimum Gasteiger partial charge on any atom is -0.389 e. The van der Waals surface area contributed by atoms with E-state index in [-0.39, 0.29) is 0 Å². The number of hydrogen-bond acceptors (Lipinski definition) is 2. The summed E-state index contributed by atoms with van der Waals surface area (Å²) in [6.07, 6.45) is 2.37. The van der Waals surface area contributed by atoms with Gasteiger partial charge in [0, 0.05) is 12.6 Å². The van der Waals surface area contributed by atoms with Crippen molar-refractivity contribution in [2.75, 3.05) is 6.54 Å². The van der Waals surface area contributed by atoms with Crippen LogP contribution in [0.3, 0.4) is 0 Å². The fourth-order valence-electron chi connectivity index (χ4n) is 0.959. The lowest BCUT2D eigenvalue weighted by molar-refractivity contribution is 0.0767. The maximum atomic E-state index is 9.37. The second-order valence-corrected chi connectivity index (χ2v) is 3.88. The molecular formula is C9H21NO. The number of hydrogen-bond donors (Lipinski definition) is 2. The molecule has 0 fully saturated rings. The first kappa shape index (κ1) is 10.9. The molecule has 0 aliphatic carbocycles. The zero-order chi connectivity index (χ0) is 8.91. The van der Waals surface area contributed by atoms with Crippen LogP contribution in [0.2, 0.25) is 0 Å². The Morgan fingerprint density at radius 2 is 2.00 bits per heavy atom. The Labute approximate surface area is 70.0 Å². The van der Waals surface area contributed by atoms with Crippen molar-refractivity contribution in [1.29, 1.82) is 0 Å². The molecule has 0 rings (SSSR count). The minimum atomic E-state index is -0.581. The van der Waals surface area contributed by atoms with E-state index in [1.165, 1.54) is 12.8 Å². The lowest BCUT2D eigenvalue weighted by Crippen LogP contribution is -2.39. The third kappa shape index (κ3) is 7.82. The van der Waals surface area contributed by atoms with E-state index in [2.05, 4.69) is 19.2 Å². The van der Waals surface area contributed by atoms with Gasteiger partial charge in [-0.2, -0.15) is 0 Å². The molecule has 68 valence electrons. The molecule has 2 N–H and O–H groups in total. The third-order valence-corrected chi connectivity index (χ3v) is 1.60.